The fourth-order valence-corrected chi connectivity index (χ4v) is 3.45. The number of hydrogen-bond acceptors (Lipinski definition) is 1. The number of rotatable bonds is 7. The molecule has 1 aliphatic rings. The Kier molecular flexibility index (Phi) is 10.9. The van der Waals surface area contributed by atoms with Gasteiger partial charge in [0.15, 0.2) is 0 Å². The number of aliphatic hydroxyl groups is 1. The van der Waals surface area contributed by atoms with Gasteiger partial charge in [0.2, 0.25) is 0 Å². The summed E-state index contributed by atoms with van der Waals surface area (Å²) >= 11 is 0. The first-order valence-corrected chi connectivity index (χ1v) is 8.21. The molecular weight excluding hydrogens is 232 g/mol. The number of hydrogen-bond donors (Lipinski definition) is 1. The zero-order valence-corrected chi connectivity index (χ0v) is 13.5. The van der Waals surface area contributed by atoms with Crippen LogP contribution in [0, 0.1) is 17.8 Å². The minimum Gasteiger partial charge on any atom is -0.396 e. The van der Waals surface area contributed by atoms with E-state index in [-0.39, 0.29) is 0 Å². The monoisotopic (exact) mass is 266 g/mol. The maximum Gasteiger partial charge on any atom is 0.0433 e. The van der Waals surface area contributed by atoms with Gasteiger partial charge in [0, 0.05) is 6.61 Å². The molecule has 3 unspecified atom stereocenters. The van der Waals surface area contributed by atoms with Crippen LogP contribution in [-0.2, 0) is 0 Å². The SMILES string of the molecule is C=CC1=CCCCC1C(CC)C(CC)CCO.CC. The highest BCUT2D eigenvalue weighted by molar-refractivity contribution is 5.22. The Bertz CT molecular complexity index is 254. The Balaban J connectivity index is 0.00000154. The zero-order valence-electron chi connectivity index (χ0n) is 13.5. The van der Waals surface area contributed by atoms with E-state index in [0.29, 0.717) is 18.4 Å². The molecule has 0 aromatic heterocycles. The van der Waals surface area contributed by atoms with Crippen molar-refractivity contribution in [2.75, 3.05) is 6.61 Å². The largest absolute Gasteiger partial charge is 0.396 e. The second-order valence-electron chi connectivity index (χ2n) is 5.20. The van der Waals surface area contributed by atoms with Crippen molar-refractivity contribution < 1.29 is 5.11 Å². The summed E-state index contributed by atoms with van der Waals surface area (Å²) in [5.41, 5.74) is 1.46. The molecule has 3 atom stereocenters. The lowest BCUT2D eigenvalue weighted by atomic mass is 9.70. The molecule has 19 heavy (non-hydrogen) atoms. The van der Waals surface area contributed by atoms with Crippen molar-refractivity contribution in [1.29, 1.82) is 0 Å². The molecule has 1 N–H and O–H groups in total. The van der Waals surface area contributed by atoms with E-state index in [9.17, 15) is 5.11 Å². The van der Waals surface area contributed by atoms with Gasteiger partial charge in [-0.25, -0.2) is 0 Å². The summed E-state index contributed by atoms with van der Waals surface area (Å²) in [5, 5.41) is 9.20. The first-order valence-electron chi connectivity index (χ1n) is 8.21. The Morgan fingerprint density at radius 3 is 2.53 bits per heavy atom. The van der Waals surface area contributed by atoms with Crippen LogP contribution >= 0.6 is 0 Å². The van der Waals surface area contributed by atoms with Gasteiger partial charge in [-0.1, -0.05) is 59.3 Å². The van der Waals surface area contributed by atoms with Crippen LogP contribution in [-0.4, -0.2) is 11.7 Å². The average Bonchev–Trinajstić information content (AvgIpc) is 2.49. The normalized spacial score (nSPS) is 21.7. The lowest BCUT2D eigenvalue weighted by Gasteiger charge is -2.35. The second-order valence-corrected chi connectivity index (χ2v) is 5.20. The molecule has 1 rings (SSSR count). The van der Waals surface area contributed by atoms with E-state index in [0.717, 1.165) is 12.3 Å². The van der Waals surface area contributed by atoms with Crippen molar-refractivity contribution in [3.63, 3.8) is 0 Å². The van der Waals surface area contributed by atoms with Crippen LogP contribution in [0.4, 0.5) is 0 Å². The summed E-state index contributed by atoms with van der Waals surface area (Å²) in [6.07, 6.45) is 11.6. The predicted molar refractivity (Wildman–Crippen MR) is 86.2 cm³/mol. The van der Waals surface area contributed by atoms with Gasteiger partial charge in [0.05, 0.1) is 0 Å². The molecule has 0 fully saturated rings. The minimum absolute atomic E-state index is 0.328. The van der Waals surface area contributed by atoms with Gasteiger partial charge in [-0.15, -0.1) is 0 Å². The van der Waals surface area contributed by atoms with E-state index in [1.54, 1.807) is 0 Å². The summed E-state index contributed by atoms with van der Waals surface area (Å²) in [5.74, 6) is 2.07. The lowest BCUT2D eigenvalue weighted by Crippen LogP contribution is -2.26. The molecule has 112 valence electrons. The van der Waals surface area contributed by atoms with Gasteiger partial charge in [0.1, 0.15) is 0 Å². The number of allylic oxidation sites excluding steroid dienone is 3. The van der Waals surface area contributed by atoms with Crippen molar-refractivity contribution in [1.82, 2.24) is 0 Å². The van der Waals surface area contributed by atoms with Crippen molar-refractivity contribution >= 4 is 0 Å². The third-order valence-corrected chi connectivity index (χ3v) is 4.38. The van der Waals surface area contributed by atoms with Gasteiger partial charge in [-0.2, -0.15) is 0 Å². The summed E-state index contributed by atoms with van der Waals surface area (Å²) < 4.78 is 0. The molecule has 0 saturated heterocycles. The maximum atomic E-state index is 9.20. The molecule has 0 aromatic carbocycles. The van der Waals surface area contributed by atoms with Crippen molar-refractivity contribution in [3.8, 4) is 0 Å². The van der Waals surface area contributed by atoms with E-state index >= 15 is 0 Å². The van der Waals surface area contributed by atoms with E-state index in [1.165, 1.54) is 37.7 Å². The molecule has 0 saturated carbocycles. The van der Waals surface area contributed by atoms with Crippen LogP contribution in [0.5, 0.6) is 0 Å². The second kappa shape index (κ2) is 11.3. The molecule has 1 aliphatic carbocycles. The van der Waals surface area contributed by atoms with Crippen LogP contribution in [0.25, 0.3) is 0 Å². The fourth-order valence-electron chi connectivity index (χ4n) is 3.45. The van der Waals surface area contributed by atoms with Crippen molar-refractivity contribution in [2.45, 2.75) is 66.2 Å². The van der Waals surface area contributed by atoms with Crippen LogP contribution in [0.2, 0.25) is 0 Å². The van der Waals surface area contributed by atoms with Gasteiger partial charge in [-0.05, 0) is 49.0 Å². The molecule has 0 aromatic rings. The maximum absolute atomic E-state index is 9.20. The highest BCUT2D eigenvalue weighted by Crippen LogP contribution is 2.39. The molecule has 0 aliphatic heterocycles. The van der Waals surface area contributed by atoms with Crippen molar-refractivity contribution in [2.24, 2.45) is 17.8 Å². The molecule has 0 amide bonds. The quantitative estimate of drug-likeness (QED) is 0.657. The Morgan fingerprint density at radius 2 is 2.05 bits per heavy atom. The highest BCUT2D eigenvalue weighted by atomic mass is 16.3. The van der Waals surface area contributed by atoms with Gasteiger partial charge >= 0.3 is 0 Å². The molecule has 0 radical (unpaired) electrons. The summed E-state index contributed by atoms with van der Waals surface area (Å²) in [6.45, 7) is 12.8. The highest BCUT2D eigenvalue weighted by Gasteiger charge is 2.29. The molecule has 1 heteroatoms. The van der Waals surface area contributed by atoms with Crippen molar-refractivity contribution in [3.05, 3.63) is 24.3 Å². The van der Waals surface area contributed by atoms with Gasteiger partial charge in [-0.3, -0.25) is 0 Å². The Labute approximate surface area is 120 Å². The summed E-state index contributed by atoms with van der Waals surface area (Å²) in [7, 11) is 0. The average molecular weight is 266 g/mol. The molecule has 0 heterocycles. The van der Waals surface area contributed by atoms with Crippen LogP contribution < -0.4 is 0 Å². The van der Waals surface area contributed by atoms with E-state index in [1.807, 2.05) is 13.8 Å². The predicted octanol–water partition coefficient (Wildman–Crippen LogP) is 5.36. The standard InChI is InChI=1S/C16H28O.C2H6/c1-4-13-9-7-8-10-16(13)15(6-3)14(5-2)11-12-17;1-2/h4,9,14-17H,1,5-8,10-12H2,2-3H3;1-2H3. The van der Waals surface area contributed by atoms with E-state index in [4.69, 9.17) is 0 Å². The molecular formula is C18H34O. The third-order valence-electron chi connectivity index (χ3n) is 4.38. The smallest absolute Gasteiger partial charge is 0.0433 e. The number of aliphatic hydroxyl groups excluding tert-OH is 1. The lowest BCUT2D eigenvalue weighted by molar-refractivity contribution is 0.171. The zero-order chi connectivity index (χ0) is 14.7. The summed E-state index contributed by atoms with van der Waals surface area (Å²) in [6, 6.07) is 0. The topological polar surface area (TPSA) is 20.2 Å². The molecule has 0 spiro atoms. The molecule has 0 bridgehead atoms. The Hall–Kier alpha value is -0.560. The fraction of sp³-hybridized carbons (Fsp3) is 0.778. The minimum atomic E-state index is 0.328. The van der Waals surface area contributed by atoms with Crippen LogP contribution in [0.3, 0.4) is 0 Å². The Morgan fingerprint density at radius 1 is 1.37 bits per heavy atom. The first kappa shape index (κ1) is 18.4. The van der Waals surface area contributed by atoms with Crippen LogP contribution in [0.15, 0.2) is 24.3 Å². The molecule has 1 nitrogen and oxygen atoms in total. The summed E-state index contributed by atoms with van der Waals surface area (Å²) in [4.78, 5) is 0. The van der Waals surface area contributed by atoms with Gasteiger partial charge < -0.3 is 5.11 Å². The third kappa shape index (κ3) is 5.52. The van der Waals surface area contributed by atoms with Gasteiger partial charge in [0.25, 0.3) is 0 Å². The van der Waals surface area contributed by atoms with Crippen LogP contribution in [0.1, 0.15) is 66.2 Å². The first-order chi connectivity index (χ1) is 9.28. The van der Waals surface area contributed by atoms with E-state index in [2.05, 4.69) is 32.6 Å². The van der Waals surface area contributed by atoms with E-state index < -0.39 is 0 Å².